The highest BCUT2D eigenvalue weighted by atomic mass is 35.5. The molecule has 0 saturated carbocycles. The fourth-order valence-electron chi connectivity index (χ4n) is 1.70. The third-order valence-corrected chi connectivity index (χ3v) is 5.01. The van der Waals surface area contributed by atoms with Crippen LogP contribution in [0.25, 0.3) is 0 Å². The predicted octanol–water partition coefficient (Wildman–Crippen LogP) is 2.34. The van der Waals surface area contributed by atoms with E-state index in [-0.39, 0.29) is 20.6 Å². The van der Waals surface area contributed by atoms with Crippen molar-refractivity contribution in [3.8, 4) is 0 Å². The summed E-state index contributed by atoms with van der Waals surface area (Å²) in [5.41, 5.74) is 5.84. The second-order valence-electron chi connectivity index (χ2n) is 4.13. The molecule has 1 heterocycles. The summed E-state index contributed by atoms with van der Waals surface area (Å²) in [4.78, 5) is 6.61. The van der Waals surface area contributed by atoms with Crippen LogP contribution < -0.4 is 10.5 Å². The number of sulfonamides is 1. The Morgan fingerprint density at radius 3 is 2.45 bits per heavy atom. The molecule has 1 aromatic carbocycles. The Bertz CT molecular complexity index is 693. The first-order chi connectivity index (χ1) is 9.31. The highest BCUT2D eigenvalue weighted by Gasteiger charge is 2.25. The van der Waals surface area contributed by atoms with E-state index in [4.69, 9.17) is 28.9 Å². The Labute approximate surface area is 126 Å². The van der Waals surface area contributed by atoms with E-state index < -0.39 is 16.1 Å². The lowest BCUT2D eigenvalue weighted by Crippen LogP contribution is -2.28. The first-order valence-corrected chi connectivity index (χ1v) is 7.81. The molecule has 2 aromatic rings. The van der Waals surface area contributed by atoms with Crippen LogP contribution in [0.1, 0.15) is 18.8 Å². The summed E-state index contributed by atoms with van der Waals surface area (Å²) >= 11 is 11.8. The van der Waals surface area contributed by atoms with Crippen LogP contribution in [-0.4, -0.2) is 18.4 Å². The van der Waals surface area contributed by atoms with Crippen LogP contribution in [-0.2, 0) is 10.0 Å². The van der Waals surface area contributed by atoms with Crippen LogP contribution in [0.2, 0.25) is 10.0 Å². The zero-order valence-electron chi connectivity index (χ0n) is 10.4. The van der Waals surface area contributed by atoms with Crippen molar-refractivity contribution in [2.24, 2.45) is 0 Å². The summed E-state index contributed by atoms with van der Waals surface area (Å²) in [5.74, 6) is 0.483. The van der Waals surface area contributed by atoms with E-state index >= 15 is 0 Å². The maximum absolute atomic E-state index is 12.3. The molecule has 1 unspecified atom stereocenters. The molecule has 0 aliphatic heterocycles. The van der Waals surface area contributed by atoms with Gasteiger partial charge in [-0.3, -0.25) is 0 Å². The molecule has 6 nitrogen and oxygen atoms in total. The minimum absolute atomic E-state index is 0.0332. The van der Waals surface area contributed by atoms with E-state index in [1.807, 2.05) is 0 Å². The van der Waals surface area contributed by atoms with Crippen molar-refractivity contribution in [3.05, 3.63) is 40.4 Å². The van der Waals surface area contributed by atoms with Gasteiger partial charge >= 0.3 is 0 Å². The lowest BCUT2D eigenvalue weighted by atomic mass is 10.3. The van der Waals surface area contributed by atoms with Crippen LogP contribution >= 0.6 is 23.2 Å². The fourth-order valence-corrected chi connectivity index (χ4v) is 4.14. The molecule has 0 aliphatic rings. The van der Waals surface area contributed by atoms with Crippen molar-refractivity contribution in [2.75, 3.05) is 5.73 Å². The molecule has 0 amide bonds. The number of hydrogen-bond donors (Lipinski definition) is 3. The van der Waals surface area contributed by atoms with Crippen molar-refractivity contribution in [1.82, 2.24) is 14.7 Å². The molecule has 0 spiro atoms. The smallest absolute Gasteiger partial charge is 0.244 e. The summed E-state index contributed by atoms with van der Waals surface area (Å²) in [6.07, 6.45) is 3.13. The third kappa shape index (κ3) is 3.06. The number of H-pyrrole nitrogens is 1. The second-order valence-corrected chi connectivity index (χ2v) is 6.60. The number of nitrogen functional groups attached to an aromatic ring is 1. The Balaban J connectivity index is 2.37. The minimum atomic E-state index is -3.89. The van der Waals surface area contributed by atoms with E-state index in [0.29, 0.717) is 5.82 Å². The molecule has 1 atom stereocenters. The quantitative estimate of drug-likeness (QED) is 0.747. The Hall–Kier alpha value is -1.28. The van der Waals surface area contributed by atoms with Crippen LogP contribution in [0.3, 0.4) is 0 Å². The van der Waals surface area contributed by atoms with Crippen molar-refractivity contribution >= 4 is 38.9 Å². The molecule has 108 valence electrons. The van der Waals surface area contributed by atoms with Gasteiger partial charge in [-0.1, -0.05) is 23.2 Å². The molecule has 1 aromatic heterocycles. The highest BCUT2D eigenvalue weighted by molar-refractivity contribution is 7.89. The average molecular weight is 335 g/mol. The summed E-state index contributed by atoms with van der Waals surface area (Å²) in [5, 5.41) is -0.0664. The molecule has 4 N–H and O–H groups in total. The van der Waals surface area contributed by atoms with Gasteiger partial charge in [0.2, 0.25) is 10.0 Å². The van der Waals surface area contributed by atoms with Gasteiger partial charge in [0.05, 0.1) is 16.1 Å². The number of rotatable bonds is 4. The van der Waals surface area contributed by atoms with Gasteiger partial charge in [-0.2, -0.15) is 0 Å². The molecule has 0 radical (unpaired) electrons. The number of nitrogens with zero attached hydrogens (tertiary/aromatic N) is 1. The maximum Gasteiger partial charge on any atom is 0.244 e. The molecule has 0 fully saturated rings. The predicted molar refractivity (Wildman–Crippen MR) is 78.2 cm³/mol. The molecule has 0 bridgehead atoms. The number of hydrogen-bond acceptors (Lipinski definition) is 4. The normalized spacial score (nSPS) is 13.3. The van der Waals surface area contributed by atoms with E-state index in [0.717, 1.165) is 0 Å². The third-order valence-electron chi connectivity index (χ3n) is 2.55. The number of aromatic nitrogens is 2. The summed E-state index contributed by atoms with van der Waals surface area (Å²) in [6.45, 7) is 1.65. The van der Waals surface area contributed by atoms with Gasteiger partial charge in [-0.15, -0.1) is 0 Å². The van der Waals surface area contributed by atoms with Gasteiger partial charge in [0.15, 0.2) is 0 Å². The number of anilines is 1. The summed E-state index contributed by atoms with van der Waals surface area (Å²) < 4.78 is 27.1. The Kier molecular flexibility index (Phi) is 4.24. The van der Waals surface area contributed by atoms with Gasteiger partial charge in [0.25, 0.3) is 0 Å². The lowest BCUT2D eigenvalue weighted by Gasteiger charge is -2.14. The van der Waals surface area contributed by atoms with E-state index in [1.54, 1.807) is 13.1 Å². The van der Waals surface area contributed by atoms with Gasteiger partial charge in [-0.25, -0.2) is 18.1 Å². The van der Waals surface area contributed by atoms with Gasteiger partial charge in [0, 0.05) is 18.1 Å². The number of halogens is 2. The van der Waals surface area contributed by atoms with E-state index in [2.05, 4.69) is 14.7 Å². The van der Waals surface area contributed by atoms with Gasteiger partial charge in [-0.05, 0) is 19.1 Å². The van der Waals surface area contributed by atoms with Gasteiger partial charge in [0.1, 0.15) is 10.7 Å². The lowest BCUT2D eigenvalue weighted by molar-refractivity contribution is 0.561. The van der Waals surface area contributed by atoms with E-state index in [1.165, 1.54) is 18.3 Å². The SMILES string of the molecule is CC(NS(=O)(=O)c1c(Cl)cc(N)cc1Cl)c1ncc[nH]1. The standard InChI is InChI=1S/C11H12Cl2N4O2S/c1-6(11-15-2-3-16-11)17-20(18,19)10-8(12)4-7(14)5-9(10)13/h2-6,17H,14H2,1H3,(H,15,16). The number of benzene rings is 1. The fraction of sp³-hybridized carbons (Fsp3) is 0.182. The molecular weight excluding hydrogens is 323 g/mol. The number of imidazole rings is 1. The van der Waals surface area contributed by atoms with E-state index in [9.17, 15) is 8.42 Å². The summed E-state index contributed by atoms with van der Waals surface area (Å²) in [6, 6.07) is 2.11. The topological polar surface area (TPSA) is 101 Å². The molecular formula is C11H12Cl2N4O2S. The van der Waals surface area contributed by atoms with Crippen LogP contribution in [0.4, 0.5) is 5.69 Å². The Morgan fingerprint density at radius 1 is 1.35 bits per heavy atom. The maximum atomic E-state index is 12.3. The highest BCUT2D eigenvalue weighted by Crippen LogP contribution is 2.32. The zero-order valence-corrected chi connectivity index (χ0v) is 12.7. The monoisotopic (exact) mass is 334 g/mol. The van der Waals surface area contributed by atoms with Crippen LogP contribution in [0.15, 0.2) is 29.4 Å². The van der Waals surface area contributed by atoms with Crippen molar-refractivity contribution in [2.45, 2.75) is 17.9 Å². The zero-order chi connectivity index (χ0) is 14.9. The number of nitrogens with one attached hydrogen (secondary N) is 2. The largest absolute Gasteiger partial charge is 0.399 e. The second kappa shape index (κ2) is 5.61. The van der Waals surface area contributed by atoms with Crippen LogP contribution in [0.5, 0.6) is 0 Å². The van der Waals surface area contributed by atoms with Crippen LogP contribution in [0, 0.1) is 0 Å². The molecule has 0 aliphatic carbocycles. The van der Waals surface area contributed by atoms with Crippen molar-refractivity contribution in [3.63, 3.8) is 0 Å². The average Bonchev–Trinajstić information content (AvgIpc) is 2.78. The molecule has 2 rings (SSSR count). The molecule has 20 heavy (non-hydrogen) atoms. The summed E-state index contributed by atoms with van der Waals surface area (Å²) in [7, 11) is -3.89. The molecule has 9 heteroatoms. The Morgan fingerprint density at radius 2 is 1.95 bits per heavy atom. The first kappa shape index (κ1) is 15.1. The number of aromatic amines is 1. The van der Waals surface area contributed by atoms with Crippen molar-refractivity contribution < 1.29 is 8.42 Å². The van der Waals surface area contributed by atoms with Crippen molar-refractivity contribution in [1.29, 1.82) is 0 Å². The van der Waals surface area contributed by atoms with Gasteiger partial charge < -0.3 is 10.7 Å². The first-order valence-electron chi connectivity index (χ1n) is 5.57. The number of nitrogens with two attached hydrogens (primary N) is 1. The minimum Gasteiger partial charge on any atom is -0.399 e. The molecule has 0 saturated heterocycles.